The van der Waals surface area contributed by atoms with Crippen molar-refractivity contribution in [2.75, 3.05) is 10.5 Å². The Bertz CT molecular complexity index is 638. The summed E-state index contributed by atoms with van der Waals surface area (Å²) in [5.74, 6) is -0.219. The van der Waals surface area contributed by atoms with E-state index in [0.717, 1.165) is 25.7 Å². The fraction of sp³-hybridized carbons (Fsp3) is 0.562. The molecule has 23 heavy (non-hydrogen) atoms. The summed E-state index contributed by atoms with van der Waals surface area (Å²) in [6.45, 7) is 1.80. The van der Waals surface area contributed by atoms with Crippen LogP contribution in [0.4, 0.5) is 5.69 Å². The molecule has 6 nitrogen and oxygen atoms in total. The van der Waals surface area contributed by atoms with Gasteiger partial charge in [-0.15, -0.1) is 0 Å². The first-order valence-electron chi connectivity index (χ1n) is 8.07. The Labute approximate surface area is 137 Å². The van der Waals surface area contributed by atoms with E-state index >= 15 is 0 Å². The molecule has 1 fully saturated rings. The third-order valence-corrected chi connectivity index (χ3v) is 5.49. The lowest BCUT2D eigenvalue weighted by atomic mass is 9.91. The summed E-state index contributed by atoms with van der Waals surface area (Å²) in [6, 6.07) is 7.00. The second-order valence-corrected chi connectivity index (χ2v) is 7.89. The highest BCUT2D eigenvalue weighted by Crippen LogP contribution is 2.20. The predicted octanol–water partition coefficient (Wildman–Crippen LogP) is 1.84. The van der Waals surface area contributed by atoms with Crippen molar-refractivity contribution in [1.29, 1.82) is 0 Å². The minimum atomic E-state index is -3.43. The summed E-state index contributed by atoms with van der Waals surface area (Å²) in [7, 11) is -3.43. The van der Waals surface area contributed by atoms with E-state index in [1.165, 1.54) is 0 Å². The van der Waals surface area contributed by atoms with Crippen LogP contribution in [0.1, 0.15) is 49.4 Å². The third kappa shape index (κ3) is 5.21. The van der Waals surface area contributed by atoms with Gasteiger partial charge >= 0.3 is 0 Å². The quantitative estimate of drug-likeness (QED) is 0.736. The highest BCUT2D eigenvalue weighted by molar-refractivity contribution is 7.92. The van der Waals surface area contributed by atoms with Crippen molar-refractivity contribution in [3.63, 3.8) is 0 Å². The Balaban J connectivity index is 2.08. The van der Waals surface area contributed by atoms with E-state index in [4.69, 9.17) is 5.73 Å². The fourth-order valence-electron chi connectivity index (χ4n) is 2.78. The maximum Gasteiger partial charge on any atom is 0.253 e. The maximum absolute atomic E-state index is 12.5. The summed E-state index contributed by atoms with van der Waals surface area (Å²) in [5.41, 5.74) is 6.55. The minimum absolute atomic E-state index is 0.0312. The largest absolute Gasteiger partial charge is 0.349 e. The molecular weight excluding hydrogens is 314 g/mol. The Morgan fingerprint density at radius 2 is 1.87 bits per heavy atom. The molecule has 128 valence electrons. The molecule has 4 N–H and O–H groups in total. The SMILES string of the molecule is CCCS(=O)(=O)Nc1ccccc1C(=O)NC1CCC(N)CC1. The van der Waals surface area contributed by atoms with E-state index in [1.54, 1.807) is 31.2 Å². The smallest absolute Gasteiger partial charge is 0.253 e. The van der Waals surface area contributed by atoms with Gasteiger partial charge in [0.15, 0.2) is 0 Å². The van der Waals surface area contributed by atoms with Crippen molar-refractivity contribution in [2.24, 2.45) is 5.73 Å². The van der Waals surface area contributed by atoms with Crippen LogP contribution >= 0.6 is 0 Å². The van der Waals surface area contributed by atoms with Gasteiger partial charge in [-0.2, -0.15) is 0 Å². The molecule has 0 spiro atoms. The zero-order valence-electron chi connectivity index (χ0n) is 13.4. The summed E-state index contributed by atoms with van der Waals surface area (Å²) in [6.07, 6.45) is 4.03. The number of sulfonamides is 1. The summed E-state index contributed by atoms with van der Waals surface area (Å²) < 4.78 is 26.4. The molecule has 1 amide bonds. The van der Waals surface area contributed by atoms with E-state index < -0.39 is 10.0 Å². The molecule has 0 aliphatic heterocycles. The molecular formula is C16H25N3O3S. The van der Waals surface area contributed by atoms with Crippen LogP contribution in [0.5, 0.6) is 0 Å². The average Bonchev–Trinajstić information content (AvgIpc) is 2.49. The van der Waals surface area contributed by atoms with Crippen LogP contribution in [-0.4, -0.2) is 32.2 Å². The highest BCUT2D eigenvalue weighted by atomic mass is 32.2. The number of para-hydroxylation sites is 1. The summed E-state index contributed by atoms with van der Waals surface area (Å²) >= 11 is 0. The molecule has 7 heteroatoms. The lowest BCUT2D eigenvalue weighted by Gasteiger charge is -2.27. The molecule has 0 unspecified atom stereocenters. The van der Waals surface area contributed by atoms with Crippen LogP contribution in [0, 0.1) is 0 Å². The van der Waals surface area contributed by atoms with Crippen LogP contribution in [-0.2, 0) is 10.0 Å². The van der Waals surface area contributed by atoms with E-state index in [9.17, 15) is 13.2 Å². The molecule has 0 heterocycles. The summed E-state index contributed by atoms with van der Waals surface area (Å²) in [4.78, 5) is 12.5. The van der Waals surface area contributed by atoms with Gasteiger partial charge in [0.2, 0.25) is 10.0 Å². The van der Waals surface area contributed by atoms with Crippen molar-refractivity contribution < 1.29 is 13.2 Å². The summed E-state index contributed by atoms with van der Waals surface area (Å²) in [5, 5.41) is 2.98. The molecule has 1 aromatic rings. The monoisotopic (exact) mass is 339 g/mol. The standard InChI is InChI=1S/C16H25N3O3S/c1-2-11-23(21,22)19-15-6-4-3-5-14(15)16(20)18-13-9-7-12(17)8-10-13/h3-6,12-13,19H,2,7-11,17H2,1H3,(H,18,20). The topological polar surface area (TPSA) is 101 Å². The van der Waals surface area contributed by atoms with Crippen LogP contribution < -0.4 is 15.8 Å². The molecule has 2 rings (SSSR count). The van der Waals surface area contributed by atoms with Crippen molar-refractivity contribution in [3.8, 4) is 0 Å². The third-order valence-electron chi connectivity index (χ3n) is 4.02. The number of hydrogen-bond acceptors (Lipinski definition) is 4. The molecule has 0 bridgehead atoms. The number of carbonyl (C=O) groups is 1. The molecule has 1 saturated carbocycles. The van der Waals surface area contributed by atoms with Crippen molar-refractivity contribution >= 4 is 21.6 Å². The molecule has 1 aliphatic rings. The zero-order valence-corrected chi connectivity index (χ0v) is 14.2. The van der Waals surface area contributed by atoms with Gasteiger partial charge in [0, 0.05) is 12.1 Å². The number of nitrogens with two attached hydrogens (primary N) is 1. The normalized spacial score (nSPS) is 21.7. The van der Waals surface area contributed by atoms with E-state index in [0.29, 0.717) is 17.7 Å². The zero-order chi connectivity index (χ0) is 16.9. The van der Waals surface area contributed by atoms with Gasteiger partial charge in [-0.1, -0.05) is 19.1 Å². The van der Waals surface area contributed by atoms with Crippen molar-refractivity contribution in [1.82, 2.24) is 5.32 Å². The maximum atomic E-state index is 12.5. The molecule has 1 aliphatic carbocycles. The van der Waals surface area contributed by atoms with Crippen molar-refractivity contribution in [3.05, 3.63) is 29.8 Å². The Morgan fingerprint density at radius 1 is 1.22 bits per heavy atom. The van der Waals surface area contributed by atoms with Gasteiger partial charge in [-0.25, -0.2) is 8.42 Å². The van der Waals surface area contributed by atoms with Gasteiger partial charge in [0.25, 0.3) is 5.91 Å². The van der Waals surface area contributed by atoms with Crippen LogP contribution in [0.25, 0.3) is 0 Å². The Hall–Kier alpha value is -1.60. The van der Waals surface area contributed by atoms with Gasteiger partial charge in [-0.05, 0) is 44.2 Å². The number of hydrogen-bond donors (Lipinski definition) is 3. The van der Waals surface area contributed by atoms with Gasteiger partial charge in [-0.3, -0.25) is 9.52 Å². The molecule has 1 aromatic carbocycles. The molecule has 0 saturated heterocycles. The van der Waals surface area contributed by atoms with Gasteiger partial charge in [0.05, 0.1) is 17.0 Å². The number of amides is 1. The number of rotatable bonds is 6. The first kappa shape index (κ1) is 17.7. The number of benzene rings is 1. The number of carbonyl (C=O) groups excluding carboxylic acids is 1. The predicted molar refractivity (Wildman–Crippen MR) is 91.8 cm³/mol. The minimum Gasteiger partial charge on any atom is -0.349 e. The second-order valence-electron chi connectivity index (χ2n) is 6.05. The first-order valence-corrected chi connectivity index (χ1v) is 9.72. The van der Waals surface area contributed by atoms with E-state index in [1.807, 2.05) is 0 Å². The molecule has 0 atom stereocenters. The second kappa shape index (κ2) is 7.79. The van der Waals surface area contributed by atoms with E-state index in [-0.39, 0.29) is 23.7 Å². The highest BCUT2D eigenvalue weighted by Gasteiger charge is 2.22. The van der Waals surface area contributed by atoms with Crippen LogP contribution in [0.2, 0.25) is 0 Å². The molecule has 0 aromatic heterocycles. The van der Waals surface area contributed by atoms with E-state index in [2.05, 4.69) is 10.0 Å². The van der Waals surface area contributed by atoms with Crippen molar-refractivity contribution in [2.45, 2.75) is 51.1 Å². The van der Waals surface area contributed by atoms with Crippen LogP contribution in [0.15, 0.2) is 24.3 Å². The van der Waals surface area contributed by atoms with Crippen LogP contribution in [0.3, 0.4) is 0 Å². The average molecular weight is 339 g/mol. The van der Waals surface area contributed by atoms with Gasteiger partial charge < -0.3 is 11.1 Å². The molecule has 0 radical (unpaired) electrons. The first-order chi connectivity index (χ1) is 10.9. The Morgan fingerprint density at radius 3 is 2.52 bits per heavy atom. The lowest BCUT2D eigenvalue weighted by Crippen LogP contribution is -2.40. The lowest BCUT2D eigenvalue weighted by molar-refractivity contribution is 0.0927. The number of anilines is 1. The Kier molecular flexibility index (Phi) is 6.01. The van der Waals surface area contributed by atoms with Gasteiger partial charge in [0.1, 0.15) is 0 Å². The number of nitrogens with one attached hydrogen (secondary N) is 2. The fourth-order valence-corrected chi connectivity index (χ4v) is 3.94.